The van der Waals surface area contributed by atoms with Crippen molar-refractivity contribution in [3.63, 3.8) is 0 Å². The molecular formula is C9H18N4O3. The van der Waals surface area contributed by atoms with Crippen LogP contribution in [0, 0.1) is 0 Å². The predicted octanol–water partition coefficient (Wildman–Crippen LogP) is -0.400. The summed E-state index contributed by atoms with van der Waals surface area (Å²) in [5.41, 5.74) is 4.55. The molecule has 0 aliphatic carbocycles. The van der Waals surface area contributed by atoms with Gasteiger partial charge in [-0.1, -0.05) is 5.16 Å². The highest BCUT2D eigenvalue weighted by molar-refractivity contribution is 5.92. The smallest absolute Gasteiger partial charge is 0.315 e. The Morgan fingerprint density at radius 2 is 2.31 bits per heavy atom. The highest BCUT2D eigenvalue weighted by Gasteiger charge is 2.27. The van der Waals surface area contributed by atoms with E-state index in [0.29, 0.717) is 13.2 Å². The Kier molecular flexibility index (Phi) is 3.94. The van der Waals surface area contributed by atoms with Crippen LogP contribution in [0.4, 0.5) is 4.79 Å². The first-order valence-corrected chi connectivity index (χ1v) is 5.10. The van der Waals surface area contributed by atoms with Crippen molar-refractivity contribution in [2.24, 2.45) is 10.9 Å². The number of urea groups is 1. The fourth-order valence-corrected chi connectivity index (χ4v) is 1.34. The van der Waals surface area contributed by atoms with Gasteiger partial charge >= 0.3 is 6.03 Å². The second-order valence-electron chi connectivity index (χ2n) is 4.27. The van der Waals surface area contributed by atoms with Crippen LogP contribution in [0.25, 0.3) is 0 Å². The van der Waals surface area contributed by atoms with Crippen LogP contribution >= 0.6 is 0 Å². The first-order valence-electron chi connectivity index (χ1n) is 5.10. The third kappa shape index (κ3) is 3.27. The summed E-state index contributed by atoms with van der Waals surface area (Å²) in [6.07, 6.45) is 0.803. The van der Waals surface area contributed by atoms with Crippen molar-refractivity contribution in [1.29, 1.82) is 0 Å². The van der Waals surface area contributed by atoms with Gasteiger partial charge in [-0.3, -0.25) is 0 Å². The van der Waals surface area contributed by atoms with Crippen molar-refractivity contribution in [3.05, 3.63) is 0 Å². The van der Waals surface area contributed by atoms with Crippen molar-refractivity contribution in [3.8, 4) is 0 Å². The number of nitrogens with zero attached hydrogens (tertiary/aromatic N) is 1. The van der Waals surface area contributed by atoms with E-state index in [-0.39, 0.29) is 17.9 Å². The average molecular weight is 230 g/mol. The molecule has 1 aliphatic rings. The number of carbonyl (C=O) groups is 1. The normalized spacial score (nSPS) is 21.9. The summed E-state index contributed by atoms with van der Waals surface area (Å²) in [6, 6.07) is -0.324. The van der Waals surface area contributed by atoms with Gasteiger partial charge in [-0.05, 0) is 20.3 Å². The lowest BCUT2D eigenvalue weighted by Crippen LogP contribution is -2.57. The molecule has 0 spiro atoms. The lowest BCUT2D eigenvalue weighted by atomic mass is 10.1. The summed E-state index contributed by atoms with van der Waals surface area (Å²) in [6.45, 7) is 4.48. The molecule has 0 saturated carbocycles. The number of hydrogen-bond acceptors (Lipinski definition) is 4. The molecule has 2 amide bonds. The zero-order valence-electron chi connectivity index (χ0n) is 9.49. The van der Waals surface area contributed by atoms with Gasteiger partial charge in [-0.2, -0.15) is 0 Å². The van der Waals surface area contributed by atoms with Crippen LogP contribution in [0.15, 0.2) is 5.16 Å². The maximum atomic E-state index is 11.6. The van der Waals surface area contributed by atoms with Crippen LogP contribution in [-0.2, 0) is 4.74 Å². The zero-order valence-corrected chi connectivity index (χ0v) is 9.49. The Morgan fingerprint density at radius 3 is 2.81 bits per heavy atom. The highest BCUT2D eigenvalue weighted by atomic mass is 16.5. The van der Waals surface area contributed by atoms with Crippen molar-refractivity contribution >= 4 is 11.9 Å². The van der Waals surface area contributed by atoms with Crippen LogP contribution in [0.1, 0.15) is 20.3 Å². The van der Waals surface area contributed by atoms with E-state index >= 15 is 0 Å². The van der Waals surface area contributed by atoms with Crippen molar-refractivity contribution < 1.29 is 14.7 Å². The lowest BCUT2D eigenvalue weighted by molar-refractivity contribution is 0.188. The van der Waals surface area contributed by atoms with E-state index in [0.717, 1.165) is 6.42 Å². The Morgan fingerprint density at radius 1 is 1.62 bits per heavy atom. The molecule has 1 aliphatic heterocycles. The molecule has 0 aromatic carbocycles. The van der Waals surface area contributed by atoms with E-state index in [9.17, 15) is 4.79 Å². The Labute approximate surface area is 94.0 Å². The molecule has 1 heterocycles. The van der Waals surface area contributed by atoms with Crippen molar-refractivity contribution in [2.75, 3.05) is 13.2 Å². The second kappa shape index (κ2) is 5.02. The van der Waals surface area contributed by atoms with E-state index in [1.807, 2.05) is 0 Å². The molecule has 0 bridgehead atoms. The van der Waals surface area contributed by atoms with Gasteiger partial charge in [-0.25, -0.2) is 4.79 Å². The summed E-state index contributed by atoms with van der Waals surface area (Å²) in [7, 11) is 0. The van der Waals surface area contributed by atoms with Gasteiger partial charge < -0.3 is 26.3 Å². The fourth-order valence-electron chi connectivity index (χ4n) is 1.34. The topological polar surface area (TPSA) is 109 Å². The molecule has 1 saturated heterocycles. The van der Waals surface area contributed by atoms with Gasteiger partial charge in [0.05, 0.1) is 18.2 Å². The minimum absolute atomic E-state index is 0.0306. The molecule has 0 aromatic heterocycles. The number of nitrogens with two attached hydrogens (primary N) is 1. The third-order valence-corrected chi connectivity index (χ3v) is 2.44. The zero-order chi connectivity index (χ0) is 12.2. The molecule has 1 unspecified atom stereocenters. The van der Waals surface area contributed by atoms with Crippen LogP contribution in [0.3, 0.4) is 0 Å². The average Bonchev–Trinajstić information content (AvgIpc) is 2.67. The van der Waals surface area contributed by atoms with E-state index in [1.165, 1.54) is 0 Å². The third-order valence-electron chi connectivity index (χ3n) is 2.44. The summed E-state index contributed by atoms with van der Waals surface area (Å²) in [5, 5.41) is 16.8. The standard InChI is InChI=1S/C9H18N4O3/c1-9(2,7(10)13-15)12-8(14)11-6-3-4-16-5-6/h6,15H,3-5H2,1-2H3,(H2,10,13)(H2,11,12,14). The summed E-state index contributed by atoms with van der Waals surface area (Å²) in [4.78, 5) is 11.6. The number of rotatable bonds is 3. The van der Waals surface area contributed by atoms with Gasteiger partial charge in [0.1, 0.15) is 0 Å². The molecule has 7 nitrogen and oxygen atoms in total. The Bertz CT molecular complexity index is 284. The molecule has 1 atom stereocenters. The van der Waals surface area contributed by atoms with Gasteiger partial charge in [0.2, 0.25) is 0 Å². The monoisotopic (exact) mass is 230 g/mol. The molecule has 0 aromatic rings. The molecule has 5 N–H and O–H groups in total. The maximum absolute atomic E-state index is 11.6. The molecular weight excluding hydrogens is 212 g/mol. The minimum atomic E-state index is -0.891. The quantitative estimate of drug-likeness (QED) is 0.229. The second-order valence-corrected chi connectivity index (χ2v) is 4.27. The molecule has 7 heteroatoms. The number of carbonyl (C=O) groups excluding carboxylic acids is 1. The number of amidine groups is 1. The van der Waals surface area contributed by atoms with E-state index in [2.05, 4.69) is 15.8 Å². The van der Waals surface area contributed by atoms with Crippen LogP contribution in [0.2, 0.25) is 0 Å². The van der Waals surface area contributed by atoms with Crippen molar-refractivity contribution in [2.45, 2.75) is 31.8 Å². The number of ether oxygens (including phenoxy) is 1. The predicted molar refractivity (Wildman–Crippen MR) is 58.4 cm³/mol. The fraction of sp³-hybridized carbons (Fsp3) is 0.778. The van der Waals surface area contributed by atoms with Gasteiger partial charge in [0, 0.05) is 6.61 Å². The van der Waals surface area contributed by atoms with E-state index in [1.54, 1.807) is 13.8 Å². The van der Waals surface area contributed by atoms with Gasteiger partial charge in [-0.15, -0.1) is 0 Å². The first kappa shape index (κ1) is 12.6. The van der Waals surface area contributed by atoms with E-state index in [4.69, 9.17) is 15.7 Å². The van der Waals surface area contributed by atoms with Crippen LogP contribution in [0.5, 0.6) is 0 Å². The van der Waals surface area contributed by atoms with Crippen LogP contribution < -0.4 is 16.4 Å². The molecule has 0 radical (unpaired) electrons. The number of hydrogen-bond donors (Lipinski definition) is 4. The SMILES string of the molecule is CC(C)(NC(=O)NC1CCOC1)C(N)=NO. The van der Waals surface area contributed by atoms with E-state index < -0.39 is 5.54 Å². The Balaban J connectivity index is 2.43. The van der Waals surface area contributed by atoms with Gasteiger partial charge in [0.15, 0.2) is 5.84 Å². The molecule has 1 fully saturated rings. The molecule has 1 rings (SSSR count). The summed E-state index contributed by atoms with van der Waals surface area (Å²) >= 11 is 0. The number of oxime groups is 1. The van der Waals surface area contributed by atoms with Crippen molar-refractivity contribution in [1.82, 2.24) is 10.6 Å². The largest absolute Gasteiger partial charge is 0.409 e. The minimum Gasteiger partial charge on any atom is -0.409 e. The molecule has 92 valence electrons. The highest BCUT2D eigenvalue weighted by Crippen LogP contribution is 2.05. The number of nitrogens with one attached hydrogen (secondary N) is 2. The summed E-state index contributed by atoms with van der Waals surface area (Å²) in [5.74, 6) is -0.0506. The summed E-state index contributed by atoms with van der Waals surface area (Å²) < 4.78 is 5.13. The maximum Gasteiger partial charge on any atom is 0.315 e. The van der Waals surface area contributed by atoms with Crippen LogP contribution in [-0.4, -0.2) is 41.9 Å². The lowest BCUT2D eigenvalue weighted by Gasteiger charge is -2.25. The Hall–Kier alpha value is -1.50. The van der Waals surface area contributed by atoms with Gasteiger partial charge in [0.25, 0.3) is 0 Å². The first-order chi connectivity index (χ1) is 7.45. The number of amides is 2. The molecule has 16 heavy (non-hydrogen) atoms.